The van der Waals surface area contributed by atoms with Gasteiger partial charge in [0.15, 0.2) is 5.54 Å². The molecule has 2 fully saturated rings. The lowest BCUT2D eigenvalue weighted by atomic mass is 9.59. The van der Waals surface area contributed by atoms with E-state index in [2.05, 4.69) is 40.7 Å². The maximum atomic E-state index is 13.9. The van der Waals surface area contributed by atoms with Crippen molar-refractivity contribution in [1.29, 1.82) is 0 Å². The maximum Gasteiger partial charge on any atom is 0.307 e. The second-order valence-corrected chi connectivity index (χ2v) is 11.5. The highest BCUT2D eigenvalue weighted by atomic mass is 16.6. The van der Waals surface area contributed by atoms with Crippen LogP contribution in [-0.2, 0) is 27.3 Å². The van der Waals surface area contributed by atoms with Crippen LogP contribution in [0.4, 0.5) is 0 Å². The highest BCUT2D eigenvalue weighted by Gasteiger charge is 2.67. The van der Waals surface area contributed by atoms with Crippen LogP contribution in [0, 0.1) is 17.8 Å². The van der Waals surface area contributed by atoms with Gasteiger partial charge >= 0.3 is 5.97 Å². The molecule has 1 saturated heterocycles. The van der Waals surface area contributed by atoms with Crippen LogP contribution in [0.3, 0.4) is 0 Å². The molecule has 0 radical (unpaired) electrons. The van der Waals surface area contributed by atoms with Crippen LogP contribution < -0.4 is 5.32 Å². The fraction of sp³-hybridized carbons (Fsp3) is 0.500. The highest BCUT2D eigenvalue weighted by Crippen LogP contribution is 2.54. The fourth-order valence-corrected chi connectivity index (χ4v) is 6.52. The van der Waals surface area contributed by atoms with Gasteiger partial charge in [0.25, 0.3) is 0 Å². The van der Waals surface area contributed by atoms with E-state index in [1.54, 1.807) is 0 Å². The lowest BCUT2D eigenvalue weighted by Gasteiger charge is -2.51. The standard InChI is InChI=1S/C30H37N3O3/c1-29(2,3)36-26(34)14-15-33-20-24-17-23-19-32-30(24,28(35)31-18-22-12-8-5-9-13-22)27(33)25(23)16-21-10-6-4-7-11-21/h4-13,19,23-25,27H,14-18,20H2,1-3H3,(H,31,35). The number of amides is 1. The van der Waals surface area contributed by atoms with Gasteiger partial charge in [-0.25, -0.2) is 0 Å². The summed E-state index contributed by atoms with van der Waals surface area (Å²) in [5, 5.41) is 3.22. The molecule has 1 amide bonds. The van der Waals surface area contributed by atoms with E-state index in [-0.39, 0.29) is 29.8 Å². The van der Waals surface area contributed by atoms with Gasteiger partial charge in [0.05, 0.1) is 6.42 Å². The maximum absolute atomic E-state index is 13.9. The van der Waals surface area contributed by atoms with Crippen molar-refractivity contribution in [2.45, 2.75) is 63.8 Å². The van der Waals surface area contributed by atoms with Crippen LogP contribution >= 0.6 is 0 Å². The number of aliphatic imine (C=N–C) groups is 1. The molecule has 1 N–H and O–H groups in total. The van der Waals surface area contributed by atoms with Crippen LogP contribution in [0.2, 0.25) is 0 Å². The Morgan fingerprint density at radius 1 is 1.06 bits per heavy atom. The molecular weight excluding hydrogens is 450 g/mol. The van der Waals surface area contributed by atoms with Crippen molar-refractivity contribution in [2.75, 3.05) is 13.1 Å². The number of benzene rings is 2. The quantitative estimate of drug-likeness (QED) is 0.571. The SMILES string of the molecule is CC(C)(C)OC(=O)CCN1CC2CC3C=NC2(C(=O)NCc2ccccc2)C1C3Cc1ccccc1. The number of ether oxygens (including phenoxy) is 1. The average Bonchev–Trinajstić information content (AvgIpc) is 3.12. The summed E-state index contributed by atoms with van der Waals surface area (Å²) >= 11 is 0. The van der Waals surface area contributed by atoms with Gasteiger partial charge in [0.1, 0.15) is 5.60 Å². The first kappa shape index (κ1) is 24.7. The molecule has 5 atom stereocenters. The predicted octanol–water partition coefficient (Wildman–Crippen LogP) is 4.04. The predicted molar refractivity (Wildman–Crippen MR) is 141 cm³/mol. The number of carbonyl (C=O) groups is 2. The van der Waals surface area contributed by atoms with Crippen LogP contribution in [0.1, 0.15) is 44.7 Å². The summed E-state index contributed by atoms with van der Waals surface area (Å²) in [6.45, 7) is 7.53. The third-order valence-electron chi connectivity index (χ3n) is 7.91. The Balaban J connectivity index is 1.40. The number of rotatable bonds is 8. The molecule has 6 heteroatoms. The molecule has 3 heterocycles. The molecule has 1 saturated carbocycles. The monoisotopic (exact) mass is 487 g/mol. The van der Waals surface area contributed by atoms with Crippen LogP contribution in [0.25, 0.3) is 0 Å². The smallest absolute Gasteiger partial charge is 0.307 e. The minimum atomic E-state index is -0.809. The zero-order valence-corrected chi connectivity index (χ0v) is 21.5. The van der Waals surface area contributed by atoms with E-state index in [1.807, 2.05) is 57.2 Å². The Labute approximate surface area is 214 Å². The first-order valence-electron chi connectivity index (χ1n) is 13.1. The molecule has 6 rings (SSSR count). The summed E-state index contributed by atoms with van der Waals surface area (Å²) in [7, 11) is 0. The van der Waals surface area contributed by atoms with Gasteiger partial charge in [0, 0.05) is 37.8 Å². The van der Waals surface area contributed by atoms with Crippen molar-refractivity contribution in [1.82, 2.24) is 10.2 Å². The molecule has 6 nitrogen and oxygen atoms in total. The summed E-state index contributed by atoms with van der Waals surface area (Å²) in [5.74, 6) is 0.576. The Morgan fingerprint density at radius 2 is 1.72 bits per heavy atom. The highest BCUT2D eigenvalue weighted by molar-refractivity contribution is 5.92. The number of esters is 1. The summed E-state index contributed by atoms with van der Waals surface area (Å²) in [4.78, 5) is 33.9. The van der Waals surface area contributed by atoms with Crippen molar-refractivity contribution in [3.63, 3.8) is 0 Å². The molecule has 3 aliphatic heterocycles. The zero-order valence-electron chi connectivity index (χ0n) is 21.5. The third-order valence-corrected chi connectivity index (χ3v) is 7.91. The molecule has 190 valence electrons. The third kappa shape index (κ3) is 4.83. The molecule has 4 bridgehead atoms. The van der Waals surface area contributed by atoms with E-state index >= 15 is 0 Å². The number of carbonyl (C=O) groups excluding carboxylic acids is 2. The van der Waals surface area contributed by atoms with E-state index in [0.717, 1.165) is 24.9 Å². The minimum Gasteiger partial charge on any atom is -0.460 e. The van der Waals surface area contributed by atoms with Gasteiger partial charge in [-0.3, -0.25) is 19.5 Å². The first-order chi connectivity index (χ1) is 17.3. The normalized spacial score (nSPS) is 28.8. The lowest BCUT2D eigenvalue weighted by molar-refractivity contribution is -0.155. The summed E-state index contributed by atoms with van der Waals surface area (Å²) in [5.41, 5.74) is 1.04. The van der Waals surface area contributed by atoms with Crippen LogP contribution in [0.5, 0.6) is 0 Å². The molecule has 2 aromatic rings. The number of hydrogen-bond donors (Lipinski definition) is 1. The molecular formula is C30H37N3O3. The van der Waals surface area contributed by atoms with Crippen LogP contribution in [0.15, 0.2) is 65.7 Å². The lowest BCUT2D eigenvalue weighted by Crippen LogP contribution is -2.66. The van der Waals surface area contributed by atoms with E-state index in [4.69, 9.17) is 9.73 Å². The minimum absolute atomic E-state index is 0.00795. The zero-order chi connectivity index (χ0) is 25.3. The van der Waals surface area contributed by atoms with Gasteiger partial charge in [-0.1, -0.05) is 60.7 Å². The van der Waals surface area contributed by atoms with Gasteiger partial charge in [-0.05, 0) is 56.6 Å². The van der Waals surface area contributed by atoms with Crippen molar-refractivity contribution in [3.8, 4) is 0 Å². The van der Waals surface area contributed by atoms with Gasteiger partial charge in [0.2, 0.25) is 5.91 Å². The van der Waals surface area contributed by atoms with Crippen molar-refractivity contribution in [2.24, 2.45) is 22.7 Å². The van der Waals surface area contributed by atoms with Gasteiger partial charge < -0.3 is 10.1 Å². The van der Waals surface area contributed by atoms with Crippen molar-refractivity contribution in [3.05, 3.63) is 71.8 Å². The van der Waals surface area contributed by atoms with Crippen molar-refractivity contribution < 1.29 is 14.3 Å². The summed E-state index contributed by atoms with van der Waals surface area (Å²) < 4.78 is 5.58. The molecule has 0 spiro atoms. The molecule has 0 aromatic heterocycles. The van der Waals surface area contributed by atoms with Gasteiger partial charge in [-0.2, -0.15) is 0 Å². The summed E-state index contributed by atoms with van der Waals surface area (Å²) in [6.07, 6.45) is 4.22. The average molecular weight is 488 g/mol. The van der Waals surface area contributed by atoms with E-state index < -0.39 is 11.1 Å². The molecule has 2 aromatic carbocycles. The topological polar surface area (TPSA) is 71.0 Å². The molecule has 36 heavy (non-hydrogen) atoms. The van der Waals surface area contributed by atoms with E-state index in [0.29, 0.717) is 25.4 Å². The number of likely N-dealkylation sites (tertiary alicyclic amines) is 1. The number of hydrogen-bond acceptors (Lipinski definition) is 5. The largest absolute Gasteiger partial charge is 0.460 e. The van der Waals surface area contributed by atoms with Crippen molar-refractivity contribution >= 4 is 18.1 Å². The summed E-state index contributed by atoms with van der Waals surface area (Å²) in [6, 6.07) is 20.5. The van der Waals surface area contributed by atoms with Gasteiger partial charge in [-0.15, -0.1) is 0 Å². The fourth-order valence-electron chi connectivity index (χ4n) is 6.52. The Bertz CT molecular complexity index is 1110. The number of nitrogens with one attached hydrogen (secondary N) is 1. The van der Waals surface area contributed by atoms with Crippen LogP contribution in [-0.4, -0.2) is 53.3 Å². The molecule has 1 aliphatic carbocycles. The second-order valence-electron chi connectivity index (χ2n) is 11.5. The Kier molecular flexibility index (Phi) is 6.73. The first-order valence-corrected chi connectivity index (χ1v) is 13.1. The second kappa shape index (κ2) is 9.81. The molecule has 4 aliphatic rings. The molecule has 5 unspecified atom stereocenters. The Hall–Kier alpha value is -2.99. The number of nitrogens with zero attached hydrogens (tertiary/aromatic N) is 2. The van der Waals surface area contributed by atoms with E-state index in [1.165, 1.54) is 5.56 Å². The Morgan fingerprint density at radius 3 is 2.39 bits per heavy atom. The van der Waals surface area contributed by atoms with E-state index in [9.17, 15) is 9.59 Å².